The minimum Gasteiger partial charge on any atom is -0.437 e. The van der Waals surface area contributed by atoms with Crippen LogP contribution in [0.15, 0.2) is 59.5 Å². The van der Waals surface area contributed by atoms with E-state index in [9.17, 15) is 19.4 Å². The molecule has 5 N–H and O–H groups in total. The quantitative estimate of drug-likeness (QED) is 0.146. The lowest BCUT2D eigenvalue weighted by Crippen LogP contribution is -2.56. The number of amides is 3. The molecule has 3 aliphatic rings. The van der Waals surface area contributed by atoms with Crippen molar-refractivity contribution in [1.29, 1.82) is 0 Å². The number of hydrogen-bond acceptors (Lipinski definition) is 5. The summed E-state index contributed by atoms with van der Waals surface area (Å²) in [5, 5.41) is 17.2. The van der Waals surface area contributed by atoms with Crippen LogP contribution in [0.5, 0.6) is 0 Å². The van der Waals surface area contributed by atoms with Gasteiger partial charge in [-0.2, -0.15) is 0 Å². The zero-order chi connectivity index (χ0) is 34.1. The zero-order valence-corrected chi connectivity index (χ0v) is 28.7. The number of carbonyl (C=O) groups is 2. The number of aromatic amines is 2. The third-order valence-electron chi connectivity index (χ3n) is 11.2. The third-order valence-corrected chi connectivity index (χ3v) is 11.2. The fraction of sp³-hybridized carbons (Fsp3) is 0.541. The summed E-state index contributed by atoms with van der Waals surface area (Å²) in [6.45, 7) is 6.30. The maximum atomic E-state index is 14.8. The van der Waals surface area contributed by atoms with Gasteiger partial charge in [-0.25, -0.2) is 9.59 Å². The number of benzene rings is 2. The van der Waals surface area contributed by atoms with Crippen LogP contribution in [0.25, 0.3) is 21.9 Å². The van der Waals surface area contributed by atoms with Crippen LogP contribution in [0.4, 0.5) is 4.79 Å². The van der Waals surface area contributed by atoms with E-state index < -0.39 is 13.1 Å². The van der Waals surface area contributed by atoms with Gasteiger partial charge in [0.05, 0.1) is 11.0 Å². The predicted molar refractivity (Wildman–Crippen MR) is 193 cm³/mol. The van der Waals surface area contributed by atoms with Crippen molar-refractivity contribution < 1.29 is 14.6 Å². The molecule has 0 radical (unpaired) electrons. The van der Waals surface area contributed by atoms with Gasteiger partial charge in [-0.05, 0) is 93.9 Å². The maximum absolute atomic E-state index is 14.8. The molecule has 1 saturated heterocycles. The summed E-state index contributed by atoms with van der Waals surface area (Å²) < 4.78 is 1.83. The van der Waals surface area contributed by atoms with Gasteiger partial charge in [-0.15, -0.1) is 0 Å². The number of hydrogen-bond donors (Lipinski definition) is 5. The lowest BCUT2D eigenvalue weighted by molar-refractivity contribution is -0.135. The van der Waals surface area contributed by atoms with Crippen LogP contribution in [-0.2, 0) is 4.79 Å². The van der Waals surface area contributed by atoms with E-state index in [-0.39, 0.29) is 35.6 Å². The van der Waals surface area contributed by atoms with E-state index in [0.29, 0.717) is 44.3 Å². The Morgan fingerprint density at radius 1 is 1.00 bits per heavy atom. The summed E-state index contributed by atoms with van der Waals surface area (Å²) in [6.07, 6.45) is 9.66. The molecule has 3 heterocycles. The Kier molecular flexibility index (Phi) is 9.87. The number of nitrogens with one attached hydrogen (secondary N) is 4. The number of rotatable bonds is 11. The minimum atomic E-state index is -0.724. The molecular formula is C37H50BN7O4. The lowest BCUT2D eigenvalue weighted by atomic mass is 9.79. The van der Waals surface area contributed by atoms with Gasteiger partial charge >= 0.3 is 18.8 Å². The highest BCUT2D eigenvalue weighted by atomic mass is 16.2. The first kappa shape index (κ1) is 33.5. The Morgan fingerprint density at radius 2 is 1.71 bits per heavy atom. The highest BCUT2D eigenvalue weighted by Crippen LogP contribution is 2.36. The fourth-order valence-electron chi connectivity index (χ4n) is 8.39. The molecule has 1 aliphatic heterocycles. The Morgan fingerprint density at radius 3 is 2.47 bits per heavy atom. The molecule has 0 spiro atoms. The molecule has 12 heteroatoms. The second-order valence-corrected chi connectivity index (χ2v) is 14.7. The molecule has 49 heavy (non-hydrogen) atoms. The predicted octanol–water partition coefficient (Wildman–Crippen LogP) is 4.83. The molecule has 2 saturated carbocycles. The maximum Gasteiger partial charge on any atom is 0.373 e. The van der Waals surface area contributed by atoms with Gasteiger partial charge in [0.15, 0.2) is 0 Å². The van der Waals surface area contributed by atoms with Crippen LogP contribution in [0, 0.1) is 11.8 Å². The van der Waals surface area contributed by atoms with Crippen molar-refractivity contribution in [3.05, 3.63) is 70.8 Å². The van der Waals surface area contributed by atoms with E-state index in [1.54, 1.807) is 11.7 Å². The Bertz CT molecular complexity index is 1820. The van der Waals surface area contributed by atoms with E-state index in [2.05, 4.69) is 38.4 Å². The topological polar surface area (TPSA) is 138 Å². The average molecular weight is 668 g/mol. The molecule has 0 unspecified atom stereocenters. The minimum absolute atomic E-state index is 0.00177. The number of likely N-dealkylation sites (tertiary alicyclic amines) is 1. The number of imidazole rings is 1. The number of aromatic nitrogens is 3. The molecule has 2 aromatic carbocycles. The van der Waals surface area contributed by atoms with E-state index in [4.69, 9.17) is 0 Å². The van der Waals surface area contributed by atoms with Crippen molar-refractivity contribution in [1.82, 2.24) is 34.9 Å². The standard InChI is InChI=1S/C37H50BN7O4/c1-24(30-22-39-31-11-4-3-10-29(30)31)34(35(46)44(27-14-15-27)23-26-9-7-8-25(20-26)21-40-38(2)49)42-36(47)43-18-16-28(17-19-43)45-33-13-6-5-12-32(33)41-37(45)48/h3-6,10-13,22,24-28,34,39-40,49H,7-9,14-21,23H2,1-2H3,(H,41,48)(H,42,47)/t24-,25-,26+,34+/m0/s1. The molecule has 4 aromatic rings. The first-order chi connectivity index (χ1) is 23.8. The summed E-state index contributed by atoms with van der Waals surface area (Å²) >= 11 is 0. The van der Waals surface area contributed by atoms with Crippen molar-refractivity contribution >= 4 is 40.9 Å². The normalized spacial score (nSPS) is 21.5. The second-order valence-electron chi connectivity index (χ2n) is 14.7. The molecular weight excluding hydrogens is 617 g/mol. The van der Waals surface area contributed by atoms with Gasteiger partial charge < -0.3 is 35.3 Å². The number of H-pyrrole nitrogens is 2. The largest absolute Gasteiger partial charge is 0.437 e. The molecule has 260 valence electrons. The molecule has 2 aliphatic carbocycles. The summed E-state index contributed by atoms with van der Waals surface area (Å²) in [6, 6.07) is 15.1. The number of fused-ring (bicyclic) bond motifs is 2. The van der Waals surface area contributed by atoms with Crippen molar-refractivity contribution in [3.8, 4) is 0 Å². The van der Waals surface area contributed by atoms with E-state index in [1.165, 1.54) is 0 Å². The molecule has 3 amide bonds. The highest BCUT2D eigenvalue weighted by molar-refractivity contribution is 6.45. The summed E-state index contributed by atoms with van der Waals surface area (Å²) in [4.78, 5) is 51.8. The van der Waals surface area contributed by atoms with Crippen LogP contribution in [0.3, 0.4) is 0 Å². The van der Waals surface area contributed by atoms with Gasteiger partial charge in [0.25, 0.3) is 0 Å². The average Bonchev–Trinajstić information content (AvgIpc) is 3.77. The zero-order valence-electron chi connectivity index (χ0n) is 28.7. The molecule has 4 atom stereocenters. The second kappa shape index (κ2) is 14.4. The summed E-state index contributed by atoms with van der Waals surface area (Å²) in [5.41, 5.74) is 3.61. The van der Waals surface area contributed by atoms with Gasteiger partial charge in [0.1, 0.15) is 6.04 Å². The highest BCUT2D eigenvalue weighted by Gasteiger charge is 2.41. The smallest absolute Gasteiger partial charge is 0.373 e. The molecule has 11 nitrogen and oxygen atoms in total. The number of nitrogens with zero attached hydrogens (tertiary/aromatic N) is 3. The van der Waals surface area contributed by atoms with Crippen molar-refractivity contribution in [2.45, 2.75) is 89.2 Å². The Labute approximate surface area is 287 Å². The van der Waals surface area contributed by atoms with Crippen LogP contribution in [0.1, 0.15) is 75.8 Å². The number of para-hydroxylation sites is 3. The fourth-order valence-corrected chi connectivity index (χ4v) is 8.39. The van der Waals surface area contributed by atoms with Crippen LogP contribution < -0.4 is 16.2 Å². The number of urea groups is 1. The molecule has 3 fully saturated rings. The van der Waals surface area contributed by atoms with Gasteiger partial charge in [0, 0.05) is 54.7 Å². The summed E-state index contributed by atoms with van der Waals surface area (Å²) in [5.74, 6) is 0.614. The molecule has 2 aromatic heterocycles. The Hall–Kier alpha value is -4.03. The number of carbonyl (C=O) groups excluding carboxylic acids is 2. The first-order valence-corrected chi connectivity index (χ1v) is 18.3. The van der Waals surface area contributed by atoms with Crippen LogP contribution in [0.2, 0.25) is 6.82 Å². The van der Waals surface area contributed by atoms with E-state index >= 15 is 0 Å². The van der Waals surface area contributed by atoms with E-state index in [1.807, 2.05) is 53.2 Å². The monoisotopic (exact) mass is 667 g/mol. The van der Waals surface area contributed by atoms with Crippen molar-refractivity contribution in [3.63, 3.8) is 0 Å². The third kappa shape index (κ3) is 7.31. The first-order valence-electron chi connectivity index (χ1n) is 18.3. The molecule has 7 rings (SSSR count). The molecule has 0 bridgehead atoms. The van der Waals surface area contributed by atoms with Crippen LogP contribution in [-0.4, -0.2) is 86.6 Å². The van der Waals surface area contributed by atoms with Crippen molar-refractivity contribution in [2.24, 2.45) is 11.8 Å². The van der Waals surface area contributed by atoms with Crippen LogP contribution >= 0.6 is 0 Å². The summed E-state index contributed by atoms with van der Waals surface area (Å²) in [7, 11) is -0.525. The lowest BCUT2D eigenvalue weighted by Gasteiger charge is -2.38. The van der Waals surface area contributed by atoms with E-state index in [0.717, 1.165) is 72.6 Å². The SMILES string of the molecule is CB(O)NC[C@H]1CCC[C@@H](CN(C(=O)[C@H](NC(=O)N2CCC(n3c(=O)[nH]c4ccccc43)CC2)[C@@H](C)c2c[nH]c3ccccc23)C2CC2)C1. The van der Waals surface area contributed by atoms with Gasteiger partial charge in [0.2, 0.25) is 5.91 Å². The number of piperidine rings is 1. The van der Waals surface area contributed by atoms with Gasteiger partial charge in [-0.1, -0.05) is 43.7 Å². The Balaban J connectivity index is 1.09. The van der Waals surface area contributed by atoms with Gasteiger partial charge in [-0.3, -0.25) is 9.36 Å². The van der Waals surface area contributed by atoms with Crippen molar-refractivity contribution in [2.75, 3.05) is 26.2 Å².